The first-order chi connectivity index (χ1) is 6.74. The molecule has 0 fully saturated rings. The van der Waals surface area contributed by atoms with Crippen LogP contribution in [0, 0.1) is 0 Å². The molecule has 0 atom stereocenters. The first-order valence-electron chi connectivity index (χ1n) is 5.42. The van der Waals surface area contributed by atoms with Crippen molar-refractivity contribution in [3.63, 3.8) is 0 Å². The second kappa shape index (κ2) is 8.41. The summed E-state index contributed by atoms with van der Waals surface area (Å²) in [6.07, 6.45) is 2.13. The van der Waals surface area contributed by atoms with E-state index in [1.165, 1.54) is 0 Å². The molecule has 0 aromatic rings. The molecular formula is C10H24O3Si. The predicted molar refractivity (Wildman–Crippen MR) is 60.8 cm³/mol. The lowest BCUT2D eigenvalue weighted by atomic mass is 10.5. The molecule has 0 aromatic heterocycles. The molecule has 0 bridgehead atoms. The van der Waals surface area contributed by atoms with Gasteiger partial charge in [0.25, 0.3) is 0 Å². The van der Waals surface area contributed by atoms with Crippen molar-refractivity contribution in [2.24, 2.45) is 0 Å². The Morgan fingerprint density at radius 1 is 1.00 bits per heavy atom. The summed E-state index contributed by atoms with van der Waals surface area (Å²) in [5.74, 6) is 0. The number of hydrogen-bond donors (Lipinski definition) is 0. The van der Waals surface area contributed by atoms with Crippen molar-refractivity contribution < 1.29 is 13.6 Å². The lowest BCUT2D eigenvalue weighted by molar-refractivity contribution is 0.132. The van der Waals surface area contributed by atoms with Crippen LogP contribution in [-0.2, 0) is 13.6 Å². The summed E-state index contributed by atoms with van der Waals surface area (Å²) >= 11 is 0. The maximum Gasteiger partial charge on any atom is 0.337 e. The van der Waals surface area contributed by atoms with Crippen LogP contribution >= 0.6 is 0 Å². The molecule has 0 N–H and O–H groups in total. The summed E-state index contributed by atoms with van der Waals surface area (Å²) in [6, 6.07) is 2.04. The van der Waals surface area contributed by atoms with Crippen molar-refractivity contribution in [2.45, 2.75) is 38.8 Å². The van der Waals surface area contributed by atoms with Crippen LogP contribution in [0.1, 0.15) is 26.7 Å². The molecule has 0 heterocycles. The van der Waals surface area contributed by atoms with E-state index >= 15 is 0 Å². The van der Waals surface area contributed by atoms with Crippen LogP contribution in [-0.4, -0.2) is 36.0 Å². The van der Waals surface area contributed by atoms with Crippen molar-refractivity contribution >= 4 is 8.56 Å². The zero-order chi connectivity index (χ0) is 10.9. The zero-order valence-electron chi connectivity index (χ0n) is 9.97. The van der Waals surface area contributed by atoms with E-state index in [0.29, 0.717) is 0 Å². The van der Waals surface area contributed by atoms with E-state index in [2.05, 4.69) is 13.8 Å². The second-order valence-corrected chi connectivity index (χ2v) is 7.23. The third kappa shape index (κ3) is 5.10. The molecule has 0 amide bonds. The Morgan fingerprint density at radius 3 is 2.07 bits per heavy atom. The molecule has 4 heteroatoms. The van der Waals surface area contributed by atoms with E-state index in [4.69, 9.17) is 13.6 Å². The minimum absolute atomic E-state index is 0.829. The highest BCUT2D eigenvalue weighted by Crippen LogP contribution is 2.18. The Balaban J connectivity index is 3.61. The van der Waals surface area contributed by atoms with Crippen LogP contribution in [0.25, 0.3) is 0 Å². The highest BCUT2D eigenvalue weighted by Gasteiger charge is 2.32. The maximum absolute atomic E-state index is 5.50. The van der Waals surface area contributed by atoms with Crippen LogP contribution in [0.2, 0.25) is 12.1 Å². The molecule has 14 heavy (non-hydrogen) atoms. The fraction of sp³-hybridized carbons (Fsp3) is 1.00. The monoisotopic (exact) mass is 220 g/mol. The molecule has 0 aliphatic heterocycles. The Hall–Kier alpha value is 0.0969. The van der Waals surface area contributed by atoms with Gasteiger partial charge in [-0.05, 0) is 24.9 Å². The lowest BCUT2D eigenvalue weighted by Gasteiger charge is -2.25. The SMILES string of the molecule is CCCOCCC[Si](CC)(OC)OC. The van der Waals surface area contributed by atoms with Gasteiger partial charge in [-0.3, -0.25) is 0 Å². The van der Waals surface area contributed by atoms with Crippen LogP contribution < -0.4 is 0 Å². The highest BCUT2D eigenvalue weighted by molar-refractivity contribution is 6.67. The molecule has 0 saturated carbocycles. The summed E-state index contributed by atoms with van der Waals surface area (Å²) in [4.78, 5) is 0. The summed E-state index contributed by atoms with van der Waals surface area (Å²) in [5.41, 5.74) is 0. The van der Waals surface area contributed by atoms with Gasteiger partial charge in [0, 0.05) is 27.4 Å². The Labute approximate surface area is 89.0 Å². The van der Waals surface area contributed by atoms with Gasteiger partial charge in [0.2, 0.25) is 0 Å². The van der Waals surface area contributed by atoms with Gasteiger partial charge in [-0.15, -0.1) is 0 Å². The first-order valence-corrected chi connectivity index (χ1v) is 7.65. The summed E-state index contributed by atoms with van der Waals surface area (Å²) in [5, 5.41) is 0. The quantitative estimate of drug-likeness (QED) is 0.441. The van der Waals surface area contributed by atoms with Crippen LogP contribution in [0.4, 0.5) is 0 Å². The minimum atomic E-state index is -1.86. The number of rotatable bonds is 9. The molecule has 0 saturated heterocycles. The molecule has 0 unspecified atom stereocenters. The topological polar surface area (TPSA) is 27.7 Å². The van der Waals surface area contributed by atoms with Gasteiger partial charge in [0.05, 0.1) is 0 Å². The van der Waals surface area contributed by atoms with Gasteiger partial charge in [-0.2, -0.15) is 0 Å². The van der Waals surface area contributed by atoms with E-state index in [1.54, 1.807) is 14.2 Å². The number of hydrogen-bond acceptors (Lipinski definition) is 3. The summed E-state index contributed by atoms with van der Waals surface area (Å²) in [7, 11) is 1.65. The molecular weight excluding hydrogens is 196 g/mol. The summed E-state index contributed by atoms with van der Waals surface area (Å²) in [6.45, 7) is 5.94. The smallest absolute Gasteiger partial charge is 0.337 e. The average molecular weight is 220 g/mol. The highest BCUT2D eigenvalue weighted by atomic mass is 28.4. The standard InChI is InChI=1S/C10H24O3Si/c1-5-8-13-9-7-10-14(6-2,11-3)12-4/h5-10H2,1-4H3. The van der Waals surface area contributed by atoms with Gasteiger partial charge < -0.3 is 13.6 Å². The largest absolute Gasteiger partial charge is 0.398 e. The fourth-order valence-electron chi connectivity index (χ4n) is 1.44. The molecule has 0 radical (unpaired) electrons. The fourth-order valence-corrected chi connectivity index (χ4v) is 3.63. The molecule has 0 aromatic carbocycles. The van der Waals surface area contributed by atoms with Crippen molar-refractivity contribution in [3.05, 3.63) is 0 Å². The van der Waals surface area contributed by atoms with Crippen molar-refractivity contribution in [1.29, 1.82) is 0 Å². The Kier molecular flexibility index (Phi) is 8.47. The lowest BCUT2D eigenvalue weighted by Crippen LogP contribution is -2.39. The normalized spacial score (nSPS) is 12.0. The third-order valence-electron chi connectivity index (χ3n) is 2.48. The third-order valence-corrected chi connectivity index (χ3v) is 6.16. The molecule has 0 rings (SSSR count). The molecule has 0 aliphatic carbocycles. The second-order valence-electron chi connectivity index (χ2n) is 3.39. The molecule has 86 valence electrons. The Bertz CT molecular complexity index is 118. The molecule has 0 aliphatic rings. The van der Waals surface area contributed by atoms with E-state index in [0.717, 1.165) is 38.1 Å². The van der Waals surface area contributed by atoms with Gasteiger partial charge >= 0.3 is 8.56 Å². The van der Waals surface area contributed by atoms with Crippen LogP contribution in [0.15, 0.2) is 0 Å². The maximum atomic E-state index is 5.50. The number of ether oxygens (including phenoxy) is 1. The first kappa shape index (κ1) is 14.1. The van der Waals surface area contributed by atoms with Crippen LogP contribution in [0.5, 0.6) is 0 Å². The minimum Gasteiger partial charge on any atom is -0.398 e. The van der Waals surface area contributed by atoms with E-state index in [1.807, 2.05) is 0 Å². The molecule has 3 nitrogen and oxygen atoms in total. The van der Waals surface area contributed by atoms with Gasteiger partial charge in [-0.1, -0.05) is 13.8 Å². The van der Waals surface area contributed by atoms with Crippen molar-refractivity contribution in [1.82, 2.24) is 0 Å². The Morgan fingerprint density at radius 2 is 1.64 bits per heavy atom. The van der Waals surface area contributed by atoms with Gasteiger partial charge in [0.1, 0.15) is 0 Å². The van der Waals surface area contributed by atoms with E-state index in [9.17, 15) is 0 Å². The van der Waals surface area contributed by atoms with Crippen molar-refractivity contribution in [3.8, 4) is 0 Å². The van der Waals surface area contributed by atoms with E-state index < -0.39 is 8.56 Å². The predicted octanol–water partition coefficient (Wildman–Crippen LogP) is 2.56. The van der Waals surface area contributed by atoms with Gasteiger partial charge in [0.15, 0.2) is 0 Å². The average Bonchev–Trinajstić information content (AvgIpc) is 2.24. The summed E-state index contributed by atoms with van der Waals surface area (Å²) < 4.78 is 16.4. The molecule has 0 spiro atoms. The van der Waals surface area contributed by atoms with Crippen LogP contribution in [0.3, 0.4) is 0 Å². The van der Waals surface area contributed by atoms with Crippen molar-refractivity contribution in [2.75, 3.05) is 27.4 Å². The van der Waals surface area contributed by atoms with Gasteiger partial charge in [-0.25, -0.2) is 0 Å². The zero-order valence-corrected chi connectivity index (χ0v) is 11.0. The van der Waals surface area contributed by atoms with E-state index in [-0.39, 0.29) is 0 Å².